The van der Waals surface area contributed by atoms with Crippen molar-refractivity contribution >= 4 is 27.5 Å². The molecule has 0 radical (unpaired) electrons. The van der Waals surface area contributed by atoms with Crippen molar-refractivity contribution in [3.8, 4) is 5.75 Å². The van der Waals surface area contributed by atoms with E-state index < -0.39 is 0 Å². The Labute approximate surface area is 138 Å². The molecule has 3 rings (SSSR count). The van der Waals surface area contributed by atoms with Crippen molar-refractivity contribution in [3.63, 3.8) is 0 Å². The zero-order valence-corrected chi connectivity index (χ0v) is 14.0. The third kappa shape index (κ3) is 4.47. The molecule has 0 heterocycles. The number of hydrogen-bond donors (Lipinski definition) is 1. The summed E-state index contributed by atoms with van der Waals surface area (Å²) in [6.45, 7) is 1.37. The van der Waals surface area contributed by atoms with Crippen LogP contribution in [0.5, 0.6) is 5.75 Å². The zero-order valence-electron chi connectivity index (χ0n) is 11.6. The highest BCUT2D eigenvalue weighted by Crippen LogP contribution is 2.26. The lowest BCUT2D eigenvalue weighted by atomic mass is 10.2. The standard InChI is InChI=1S/C17H17BrClNO/c18-14-4-7-17(13(9-14)10-20-16-5-6-16)21-11-12-2-1-3-15(19)8-12/h1-4,7-9,16,20H,5-6,10-11H2. The van der Waals surface area contributed by atoms with E-state index in [1.807, 2.05) is 36.4 Å². The molecule has 4 heteroatoms. The maximum Gasteiger partial charge on any atom is 0.124 e. The SMILES string of the molecule is Clc1cccc(COc2ccc(Br)cc2CNC2CC2)c1. The van der Waals surface area contributed by atoms with Crippen LogP contribution in [0.4, 0.5) is 0 Å². The molecule has 2 aromatic rings. The molecular weight excluding hydrogens is 350 g/mol. The van der Waals surface area contributed by atoms with Crippen molar-refractivity contribution in [3.05, 3.63) is 63.1 Å². The largest absolute Gasteiger partial charge is 0.489 e. The van der Waals surface area contributed by atoms with E-state index in [2.05, 4.69) is 27.3 Å². The normalized spacial score (nSPS) is 14.2. The minimum absolute atomic E-state index is 0.526. The molecule has 0 saturated heterocycles. The summed E-state index contributed by atoms with van der Waals surface area (Å²) in [6.07, 6.45) is 2.57. The smallest absolute Gasteiger partial charge is 0.124 e. The van der Waals surface area contributed by atoms with Gasteiger partial charge in [0.2, 0.25) is 0 Å². The highest BCUT2D eigenvalue weighted by Gasteiger charge is 2.20. The highest BCUT2D eigenvalue weighted by molar-refractivity contribution is 9.10. The van der Waals surface area contributed by atoms with Crippen LogP contribution in [0.15, 0.2) is 46.9 Å². The van der Waals surface area contributed by atoms with E-state index in [0.29, 0.717) is 12.6 Å². The van der Waals surface area contributed by atoms with Crippen molar-refractivity contribution in [1.29, 1.82) is 0 Å². The first-order valence-electron chi connectivity index (χ1n) is 7.10. The van der Waals surface area contributed by atoms with Gasteiger partial charge in [-0.1, -0.05) is 39.7 Å². The van der Waals surface area contributed by atoms with Gasteiger partial charge < -0.3 is 10.1 Å². The monoisotopic (exact) mass is 365 g/mol. The Morgan fingerprint density at radius 2 is 2.05 bits per heavy atom. The molecule has 1 aliphatic rings. The van der Waals surface area contributed by atoms with Crippen molar-refractivity contribution < 1.29 is 4.74 Å². The van der Waals surface area contributed by atoms with Crippen LogP contribution in [0.1, 0.15) is 24.0 Å². The second-order valence-electron chi connectivity index (χ2n) is 5.33. The fourth-order valence-corrected chi connectivity index (χ4v) is 2.78. The van der Waals surface area contributed by atoms with Crippen LogP contribution >= 0.6 is 27.5 Å². The van der Waals surface area contributed by atoms with Gasteiger partial charge in [0.1, 0.15) is 12.4 Å². The van der Waals surface area contributed by atoms with E-state index in [4.69, 9.17) is 16.3 Å². The highest BCUT2D eigenvalue weighted by atomic mass is 79.9. The van der Waals surface area contributed by atoms with Crippen LogP contribution in [-0.4, -0.2) is 6.04 Å². The molecule has 0 aromatic heterocycles. The minimum atomic E-state index is 0.526. The summed E-state index contributed by atoms with van der Waals surface area (Å²) in [5.41, 5.74) is 2.25. The minimum Gasteiger partial charge on any atom is -0.489 e. The molecule has 0 amide bonds. The van der Waals surface area contributed by atoms with Crippen molar-refractivity contribution in [1.82, 2.24) is 5.32 Å². The van der Waals surface area contributed by atoms with Crippen LogP contribution in [-0.2, 0) is 13.2 Å². The van der Waals surface area contributed by atoms with Crippen molar-refractivity contribution in [2.45, 2.75) is 32.0 Å². The molecule has 2 aromatic carbocycles. The van der Waals surface area contributed by atoms with Crippen molar-refractivity contribution in [2.75, 3.05) is 0 Å². The number of halogens is 2. The molecule has 0 bridgehead atoms. The van der Waals surface area contributed by atoms with E-state index >= 15 is 0 Å². The van der Waals surface area contributed by atoms with Crippen molar-refractivity contribution in [2.24, 2.45) is 0 Å². The van der Waals surface area contributed by atoms with E-state index in [1.165, 1.54) is 18.4 Å². The van der Waals surface area contributed by atoms with Crippen LogP contribution in [0.2, 0.25) is 5.02 Å². The molecule has 2 nitrogen and oxygen atoms in total. The first-order valence-corrected chi connectivity index (χ1v) is 8.27. The average Bonchev–Trinajstić information content (AvgIpc) is 3.28. The molecule has 1 fully saturated rings. The van der Waals surface area contributed by atoms with Crippen LogP contribution in [0.3, 0.4) is 0 Å². The number of rotatable bonds is 6. The summed E-state index contributed by atoms with van der Waals surface area (Å²) < 4.78 is 7.04. The van der Waals surface area contributed by atoms with Gasteiger partial charge in [0.05, 0.1) is 0 Å². The quantitative estimate of drug-likeness (QED) is 0.782. The van der Waals surface area contributed by atoms with Gasteiger partial charge in [0, 0.05) is 27.6 Å². The Balaban J connectivity index is 1.68. The maximum atomic E-state index is 6.00. The molecule has 0 spiro atoms. The molecule has 110 valence electrons. The van der Waals surface area contributed by atoms with Crippen LogP contribution in [0, 0.1) is 0 Å². The van der Waals surface area contributed by atoms with Gasteiger partial charge in [0.15, 0.2) is 0 Å². The lowest BCUT2D eigenvalue weighted by Gasteiger charge is -2.13. The van der Waals surface area contributed by atoms with Gasteiger partial charge in [-0.05, 0) is 48.7 Å². The zero-order chi connectivity index (χ0) is 14.7. The lowest BCUT2D eigenvalue weighted by Crippen LogP contribution is -2.16. The Bertz CT molecular complexity index is 628. The summed E-state index contributed by atoms with van der Waals surface area (Å²) in [4.78, 5) is 0. The molecule has 1 N–H and O–H groups in total. The van der Waals surface area contributed by atoms with E-state index in [-0.39, 0.29) is 0 Å². The molecule has 21 heavy (non-hydrogen) atoms. The summed E-state index contributed by atoms with van der Waals surface area (Å²) in [7, 11) is 0. The average molecular weight is 367 g/mol. The van der Waals surface area contributed by atoms with E-state index in [9.17, 15) is 0 Å². The molecule has 0 unspecified atom stereocenters. The number of ether oxygens (including phenoxy) is 1. The van der Waals surface area contributed by atoms with Gasteiger partial charge in [-0.15, -0.1) is 0 Å². The number of nitrogens with one attached hydrogen (secondary N) is 1. The molecular formula is C17H17BrClNO. The predicted octanol–water partition coefficient (Wildman–Crippen LogP) is 4.93. The van der Waals surface area contributed by atoms with Gasteiger partial charge in [-0.2, -0.15) is 0 Å². The number of hydrogen-bond acceptors (Lipinski definition) is 2. The first-order chi connectivity index (χ1) is 10.2. The summed E-state index contributed by atoms with van der Waals surface area (Å²) in [6, 6.07) is 14.6. The van der Waals surface area contributed by atoms with E-state index in [0.717, 1.165) is 27.4 Å². The first kappa shape index (κ1) is 14.9. The Morgan fingerprint density at radius 1 is 1.19 bits per heavy atom. The summed E-state index contributed by atoms with van der Waals surface area (Å²) in [5, 5.41) is 4.26. The maximum absolute atomic E-state index is 6.00. The third-order valence-corrected chi connectivity index (χ3v) is 4.19. The van der Waals surface area contributed by atoms with E-state index in [1.54, 1.807) is 0 Å². The molecule has 1 saturated carbocycles. The Morgan fingerprint density at radius 3 is 2.81 bits per heavy atom. The Kier molecular flexibility index (Phi) is 4.84. The fourth-order valence-electron chi connectivity index (χ4n) is 2.16. The molecule has 0 atom stereocenters. The summed E-state index contributed by atoms with van der Waals surface area (Å²) >= 11 is 9.52. The van der Waals surface area contributed by atoms with Gasteiger partial charge in [-0.3, -0.25) is 0 Å². The van der Waals surface area contributed by atoms with Gasteiger partial charge in [0.25, 0.3) is 0 Å². The fraction of sp³-hybridized carbons (Fsp3) is 0.294. The third-order valence-electron chi connectivity index (χ3n) is 3.46. The van der Waals surface area contributed by atoms with Crippen LogP contribution < -0.4 is 10.1 Å². The topological polar surface area (TPSA) is 21.3 Å². The second-order valence-corrected chi connectivity index (χ2v) is 6.68. The lowest BCUT2D eigenvalue weighted by molar-refractivity contribution is 0.302. The predicted molar refractivity (Wildman–Crippen MR) is 89.8 cm³/mol. The molecule has 0 aliphatic heterocycles. The Hall–Kier alpha value is -1.03. The van der Waals surface area contributed by atoms with Gasteiger partial charge >= 0.3 is 0 Å². The van der Waals surface area contributed by atoms with Gasteiger partial charge in [-0.25, -0.2) is 0 Å². The number of benzene rings is 2. The summed E-state index contributed by atoms with van der Waals surface area (Å²) in [5.74, 6) is 0.923. The molecule has 1 aliphatic carbocycles. The second kappa shape index (κ2) is 6.82. The van der Waals surface area contributed by atoms with Crippen LogP contribution in [0.25, 0.3) is 0 Å².